The number of hydrogen-bond donors (Lipinski definition) is 1. The van der Waals surface area contributed by atoms with Crippen molar-refractivity contribution in [1.82, 2.24) is 20.4 Å². The Morgan fingerprint density at radius 1 is 1.03 bits per heavy atom. The van der Waals surface area contributed by atoms with Crippen molar-refractivity contribution >= 4 is 17.5 Å². The minimum Gasteiger partial charge on any atom is -0.459 e. The maximum absolute atomic E-state index is 13.1. The van der Waals surface area contributed by atoms with Gasteiger partial charge in [0, 0.05) is 5.02 Å². The second-order valence-corrected chi connectivity index (χ2v) is 8.09. The molecule has 8 heteroatoms. The number of carbonyl (C=O) groups excluding carboxylic acids is 1. The molecule has 0 aliphatic rings. The van der Waals surface area contributed by atoms with E-state index in [1.807, 2.05) is 59.5 Å². The third kappa shape index (κ3) is 6.09. The van der Waals surface area contributed by atoms with Crippen molar-refractivity contribution < 1.29 is 13.6 Å². The molecule has 0 aliphatic carbocycles. The molecular formula is C25H25ClN4O3. The molecule has 0 aliphatic heterocycles. The molecule has 2 aromatic heterocycles. The summed E-state index contributed by atoms with van der Waals surface area (Å²) in [6.45, 7) is 3.34. The van der Waals surface area contributed by atoms with Gasteiger partial charge in [-0.3, -0.25) is 9.69 Å². The summed E-state index contributed by atoms with van der Waals surface area (Å²) in [5.41, 5.74) is 1.95. The first-order valence-corrected chi connectivity index (χ1v) is 11.2. The Kier molecular flexibility index (Phi) is 7.55. The molecular weight excluding hydrogens is 440 g/mol. The highest BCUT2D eigenvalue weighted by atomic mass is 35.5. The molecule has 1 N–H and O–H groups in total. The van der Waals surface area contributed by atoms with Crippen LogP contribution in [0, 0.1) is 0 Å². The standard InChI is InChI=1S/C25H25ClN4O3/c1-2-14-30(17-23-28-29-25(33-23)21-9-6-15-32-21)16-22(31)27-24(18-7-4-3-5-8-18)19-10-12-20(26)13-11-19/h3-13,15,24H,2,14,16-17H2,1H3,(H,27,31). The van der Waals surface area contributed by atoms with E-state index in [0.29, 0.717) is 35.7 Å². The van der Waals surface area contributed by atoms with Gasteiger partial charge in [-0.15, -0.1) is 10.2 Å². The van der Waals surface area contributed by atoms with Gasteiger partial charge in [0.1, 0.15) is 0 Å². The fourth-order valence-electron chi connectivity index (χ4n) is 3.61. The summed E-state index contributed by atoms with van der Waals surface area (Å²) in [5, 5.41) is 12.0. The maximum Gasteiger partial charge on any atom is 0.283 e. The van der Waals surface area contributed by atoms with Crippen molar-refractivity contribution in [3.05, 3.63) is 95.0 Å². The van der Waals surface area contributed by atoms with E-state index >= 15 is 0 Å². The number of rotatable bonds is 10. The van der Waals surface area contributed by atoms with Gasteiger partial charge in [0.25, 0.3) is 5.89 Å². The minimum atomic E-state index is -0.284. The van der Waals surface area contributed by atoms with E-state index in [2.05, 4.69) is 22.4 Å². The van der Waals surface area contributed by atoms with Crippen LogP contribution in [0.2, 0.25) is 5.02 Å². The number of aromatic nitrogens is 2. The van der Waals surface area contributed by atoms with Gasteiger partial charge in [-0.25, -0.2) is 0 Å². The lowest BCUT2D eigenvalue weighted by molar-refractivity contribution is -0.123. The van der Waals surface area contributed by atoms with Gasteiger partial charge in [-0.1, -0.05) is 61.0 Å². The predicted octanol–water partition coefficient (Wildman–Crippen LogP) is 5.10. The lowest BCUT2D eigenvalue weighted by Gasteiger charge is -2.23. The molecule has 0 bridgehead atoms. The topological polar surface area (TPSA) is 84.4 Å². The van der Waals surface area contributed by atoms with Crippen LogP contribution in [-0.4, -0.2) is 34.1 Å². The van der Waals surface area contributed by atoms with E-state index in [4.69, 9.17) is 20.4 Å². The first-order valence-electron chi connectivity index (χ1n) is 10.8. The molecule has 4 rings (SSSR count). The Balaban J connectivity index is 1.46. The molecule has 0 radical (unpaired) electrons. The number of halogens is 1. The Labute approximate surface area is 197 Å². The molecule has 0 fully saturated rings. The first-order chi connectivity index (χ1) is 16.1. The molecule has 1 unspecified atom stereocenters. The van der Waals surface area contributed by atoms with Crippen molar-refractivity contribution in [2.24, 2.45) is 0 Å². The summed E-state index contributed by atoms with van der Waals surface area (Å²) < 4.78 is 11.0. The Bertz CT molecular complexity index is 1140. The maximum atomic E-state index is 13.1. The fourth-order valence-corrected chi connectivity index (χ4v) is 3.73. The lowest BCUT2D eigenvalue weighted by Crippen LogP contribution is -2.39. The number of furan rings is 1. The minimum absolute atomic E-state index is 0.0990. The fraction of sp³-hybridized carbons (Fsp3) is 0.240. The second-order valence-electron chi connectivity index (χ2n) is 7.65. The first kappa shape index (κ1) is 22.8. The molecule has 1 atom stereocenters. The van der Waals surface area contributed by atoms with Crippen molar-refractivity contribution in [1.29, 1.82) is 0 Å². The van der Waals surface area contributed by atoms with Gasteiger partial charge >= 0.3 is 0 Å². The van der Waals surface area contributed by atoms with Gasteiger partial charge < -0.3 is 14.2 Å². The summed E-state index contributed by atoms with van der Waals surface area (Å²) >= 11 is 6.06. The lowest BCUT2D eigenvalue weighted by atomic mass is 9.98. The predicted molar refractivity (Wildman–Crippen MR) is 125 cm³/mol. The Morgan fingerprint density at radius 3 is 2.48 bits per heavy atom. The molecule has 1 amide bonds. The van der Waals surface area contributed by atoms with E-state index in [9.17, 15) is 4.79 Å². The molecule has 170 valence electrons. The number of amides is 1. The third-order valence-corrected chi connectivity index (χ3v) is 5.36. The number of hydrogen-bond acceptors (Lipinski definition) is 6. The van der Waals surface area contributed by atoms with Crippen LogP contribution in [0.4, 0.5) is 0 Å². The van der Waals surface area contributed by atoms with Crippen LogP contribution in [0.5, 0.6) is 0 Å². The molecule has 33 heavy (non-hydrogen) atoms. The number of nitrogens with zero attached hydrogens (tertiary/aromatic N) is 3. The average molecular weight is 465 g/mol. The van der Waals surface area contributed by atoms with Crippen LogP contribution in [0.1, 0.15) is 36.4 Å². The molecule has 2 heterocycles. The SMILES string of the molecule is CCCN(CC(=O)NC(c1ccccc1)c1ccc(Cl)cc1)Cc1nnc(-c2ccco2)o1. The highest BCUT2D eigenvalue weighted by Crippen LogP contribution is 2.24. The summed E-state index contributed by atoms with van der Waals surface area (Å²) in [6.07, 6.45) is 2.43. The van der Waals surface area contributed by atoms with Crippen LogP contribution in [0.15, 0.2) is 81.8 Å². The largest absolute Gasteiger partial charge is 0.459 e. The number of nitrogens with one attached hydrogen (secondary N) is 1. The second kappa shape index (κ2) is 10.9. The molecule has 0 saturated carbocycles. The van der Waals surface area contributed by atoms with E-state index in [1.165, 1.54) is 0 Å². The third-order valence-electron chi connectivity index (χ3n) is 5.11. The zero-order valence-corrected chi connectivity index (χ0v) is 19.0. The van der Waals surface area contributed by atoms with E-state index in [-0.39, 0.29) is 18.5 Å². The van der Waals surface area contributed by atoms with E-state index in [0.717, 1.165) is 17.5 Å². The summed E-state index contributed by atoms with van der Waals surface area (Å²) in [7, 11) is 0. The van der Waals surface area contributed by atoms with Gasteiger partial charge in [0.15, 0.2) is 5.76 Å². The smallest absolute Gasteiger partial charge is 0.283 e. The van der Waals surface area contributed by atoms with Gasteiger partial charge in [-0.05, 0) is 48.4 Å². The van der Waals surface area contributed by atoms with Gasteiger partial charge in [0.05, 0.1) is 25.4 Å². The quantitative estimate of drug-likeness (QED) is 0.351. The molecule has 0 spiro atoms. The number of carbonyl (C=O) groups is 1. The van der Waals surface area contributed by atoms with Gasteiger partial charge in [-0.2, -0.15) is 0 Å². The summed E-state index contributed by atoms with van der Waals surface area (Å²) in [5.74, 6) is 1.17. The average Bonchev–Trinajstić information content (AvgIpc) is 3.51. The zero-order chi connectivity index (χ0) is 23.0. The number of benzene rings is 2. The van der Waals surface area contributed by atoms with Crippen LogP contribution in [0.25, 0.3) is 11.7 Å². The highest BCUT2D eigenvalue weighted by Gasteiger charge is 2.20. The monoisotopic (exact) mass is 464 g/mol. The van der Waals surface area contributed by atoms with Gasteiger partial charge in [0.2, 0.25) is 11.8 Å². The van der Waals surface area contributed by atoms with Crippen LogP contribution in [-0.2, 0) is 11.3 Å². The Hall–Kier alpha value is -3.42. The van der Waals surface area contributed by atoms with Crippen LogP contribution >= 0.6 is 11.6 Å². The van der Waals surface area contributed by atoms with Crippen LogP contribution < -0.4 is 5.32 Å². The molecule has 2 aromatic carbocycles. The van der Waals surface area contributed by atoms with E-state index in [1.54, 1.807) is 18.4 Å². The van der Waals surface area contributed by atoms with Crippen molar-refractivity contribution in [2.45, 2.75) is 25.9 Å². The van der Waals surface area contributed by atoms with E-state index < -0.39 is 0 Å². The summed E-state index contributed by atoms with van der Waals surface area (Å²) in [4.78, 5) is 15.1. The van der Waals surface area contributed by atoms with Crippen molar-refractivity contribution in [3.8, 4) is 11.7 Å². The highest BCUT2D eigenvalue weighted by molar-refractivity contribution is 6.30. The summed E-state index contributed by atoms with van der Waals surface area (Å²) in [6, 6.07) is 20.6. The van der Waals surface area contributed by atoms with Crippen molar-refractivity contribution in [2.75, 3.05) is 13.1 Å². The van der Waals surface area contributed by atoms with Crippen LogP contribution in [0.3, 0.4) is 0 Å². The molecule has 0 saturated heterocycles. The van der Waals surface area contributed by atoms with Crippen molar-refractivity contribution in [3.63, 3.8) is 0 Å². The molecule has 4 aromatic rings. The zero-order valence-electron chi connectivity index (χ0n) is 18.3. The normalized spacial score (nSPS) is 12.1. The molecule has 7 nitrogen and oxygen atoms in total. The Morgan fingerprint density at radius 2 is 1.79 bits per heavy atom.